The van der Waals surface area contributed by atoms with Gasteiger partial charge in [0.15, 0.2) is 0 Å². The van der Waals surface area contributed by atoms with Crippen molar-refractivity contribution in [2.45, 2.75) is 13.5 Å². The van der Waals surface area contributed by atoms with Gasteiger partial charge >= 0.3 is 0 Å². The van der Waals surface area contributed by atoms with Crippen LogP contribution in [0.5, 0.6) is 0 Å². The first-order valence-corrected chi connectivity index (χ1v) is 7.80. The molecule has 122 valence electrons. The zero-order chi connectivity index (χ0) is 16.9. The Morgan fingerprint density at radius 3 is 2.79 bits per heavy atom. The number of anilines is 2. The van der Waals surface area contributed by atoms with Gasteiger partial charge in [0.25, 0.3) is 5.91 Å². The van der Waals surface area contributed by atoms with Crippen LogP contribution in [0, 0.1) is 6.92 Å². The minimum atomic E-state index is -0.253. The Bertz CT molecular complexity index is 830. The lowest BCUT2D eigenvalue weighted by molar-refractivity contribution is 0.0943. The molecule has 1 amide bonds. The van der Waals surface area contributed by atoms with Crippen molar-refractivity contribution in [1.29, 1.82) is 0 Å². The van der Waals surface area contributed by atoms with Crippen molar-refractivity contribution >= 4 is 28.9 Å². The summed E-state index contributed by atoms with van der Waals surface area (Å²) in [6.45, 7) is 2.27. The fraction of sp³-hybridized carbons (Fsp3) is 0.111. The first-order valence-electron chi connectivity index (χ1n) is 7.42. The molecule has 0 saturated heterocycles. The second-order valence-electron chi connectivity index (χ2n) is 5.23. The lowest BCUT2D eigenvalue weighted by atomic mass is 10.2. The summed E-state index contributed by atoms with van der Waals surface area (Å²) in [5.41, 5.74) is 2.98. The van der Waals surface area contributed by atoms with Crippen LogP contribution < -0.4 is 10.6 Å². The maximum atomic E-state index is 12.1. The number of amides is 1. The number of hydrogen-bond acceptors (Lipinski definition) is 4. The third kappa shape index (κ3) is 3.75. The fourth-order valence-corrected chi connectivity index (χ4v) is 2.35. The van der Waals surface area contributed by atoms with Gasteiger partial charge in [-0.25, -0.2) is 4.98 Å². The Hall–Kier alpha value is -2.79. The molecule has 1 aromatic carbocycles. The molecule has 0 spiro atoms. The van der Waals surface area contributed by atoms with Gasteiger partial charge in [-0.15, -0.1) is 0 Å². The molecule has 0 radical (unpaired) electrons. The third-order valence-electron chi connectivity index (χ3n) is 3.55. The van der Waals surface area contributed by atoms with Gasteiger partial charge in [0, 0.05) is 10.7 Å². The van der Waals surface area contributed by atoms with Crippen molar-refractivity contribution in [3.05, 3.63) is 77.0 Å². The molecule has 3 aromatic rings. The number of nitrogens with zero attached hydrogens (tertiary/aromatic N) is 1. The molecule has 0 aliphatic rings. The Morgan fingerprint density at radius 2 is 2.08 bits per heavy atom. The monoisotopic (exact) mass is 341 g/mol. The highest BCUT2D eigenvalue weighted by Gasteiger charge is 2.08. The van der Waals surface area contributed by atoms with Gasteiger partial charge in [-0.1, -0.05) is 17.7 Å². The maximum absolute atomic E-state index is 12.1. The van der Waals surface area contributed by atoms with Crippen molar-refractivity contribution in [2.75, 3.05) is 5.32 Å². The molecular formula is C18H16ClN3O2. The highest BCUT2D eigenvalue weighted by atomic mass is 35.5. The van der Waals surface area contributed by atoms with Gasteiger partial charge in [-0.2, -0.15) is 0 Å². The number of carbonyl (C=O) groups is 1. The van der Waals surface area contributed by atoms with E-state index in [1.54, 1.807) is 36.7 Å². The van der Waals surface area contributed by atoms with E-state index in [-0.39, 0.29) is 5.91 Å². The van der Waals surface area contributed by atoms with Gasteiger partial charge in [0.05, 0.1) is 24.7 Å². The summed E-state index contributed by atoms with van der Waals surface area (Å²) >= 11 is 6.11. The van der Waals surface area contributed by atoms with Gasteiger partial charge < -0.3 is 15.1 Å². The molecule has 2 heterocycles. The first kappa shape index (κ1) is 16.1. The van der Waals surface area contributed by atoms with E-state index < -0.39 is 0 Å². The second kappa shape index (κ2) is 7.19. The molecule has 2 aromatic heterocycles. The number of halogens is 1. The number of furan rings is 1. The molecule has 6 heteroatoms. The van der Waals surface area contributed by atoms with Gasteiger partial charge in [0.2, 0.25) is 0 Å². The van der Waals surface area contributed by atoms with Crippen LogP contribution in [0.15, 0.2) is 59.3 Å². The Morgan fingerprint density at radius 1 is 1.21 bits per heavy atom. The van der Waals surface area contributed by atoms with Crippen LogP contribution in [-0.4, -0.2) is 10.9 Å². The average molecular weight is 342 g/mol. The van der Waals surface area contributed by atoms with E-state index in [4.69, 9.17) is 16.0 Å². The third-order valence-corrected chi connectivity index (χ3v) is 3.96. The lowest BCUT2D eigenvalue weighted by Crippen LogP contribution is -2.23. The molecule has 0 unspecified atom stereocenters. The molecule has 0 bridgehead atoms. The summed E-state index contributed by atoms with van der Waals surface area (Å²) in [7, 11) is 0. The number of aromatic nitrogens is 1. The maximum Gasteiger partial charge on any atom is 0.270 e. The summed E-state index contributed by atoms with van der Waals surface area (Å²) < 4.78 is 5.17. The molecule has 0 saturated carbocycles. The summed E-state index contributed by atoms with van der Waals surface area (Å²) in [5.74, 6) is 0.440. The van der Waals surface area contributed by atoms with Crippen molar-refractivity contribution in [1.82, 2.24) is 10.3 Å². The van der Waals surface area contributed by atoms with Crippen LogP contribution in [0.2, 0.25) is 5.02 Å². The highest BCUT2D eigenvalue weighted by molar-refractivity contribution is 6.31. The van der Waals surface area contributed by atoms with Crippen molar-refractivity contribution in [2.24, 2.45) is 0 Å². The molecule has 2 N–H and O–H groups in total. The fourth-order valence-electron chi connectivity index (χ4n) is 2.17. The van der Waals surface area contributed by atoms with Crippen LogP contribution in [0.3, 0.4) is 0 Å². The normalized spacial score (nSPS) is 10.4. The van der Waals surface area contributed by atoms with Crippen LogP contribution in [0.25, 0.3) is 0 Å². The van der Waals surface area contributed by atoms with Crippen LogP contribution in [0.1, 0.15) is 21.8 Å². The predicted octanol–water partition coefficient (Wildman–Crippen LogP) is 4.31. The molecular weight excluding hydrogens is 326 g/mol. The Balaban J connectivity index is 1.64. The van der Waals surface area contributed by atoms with Crippen LogP contribution in [0.4, 0.5) is 11.4 Å². The number of rotatable bonds is 5. The lowest BCUT2D eigenvalue weighted by Gasteiger charge is -2.10. The van der Waals surface area contributed by atoms with E-state index in [0.717, 1.165) is 16.9 Å². The number of pyridine rings is 1. The molecule has 3 rings (SSSR count). The first-order chi connectivity index (χ1) is 11.6. The minimum absolute atomic E-state index is 0.253. The smallest absolute Gasteiger partial charge is 0.270 e. The van der Waals surface area contributed by atoms with Crippen molar-refractivity contribution in [3.63, 3.8) is 0 Å². The second-order valence-corrected chi connectivity index (χ2v) is 5.64. The number of carbonyl (C=O) groups excluding carboxylic acids is 1. The zero-order valence-electron chi connectivity index (χ0n) is 13.0. The van der Waals surface area contributed by atoms with Crippen molar-refractivity contribution < 1.29 is 9.21 Å². The number of hydrogen-bond donors (Lipinski definition) is 2. The zero-order valence-corrected chi connectivity index (χ0v) is 13.8. The highest BCUT2D eigenvalue weighted by Crippen LogP contribution is 2.25. The largest absolute Gasteiger partial charge is 0.467 e. The average Bonchev–Trinajstić information content (AvgIpc) is 3.11. The number of benzene rings is 1. The summed E-state index contributed by atoms with van der Waals surface area (Å²) in [6, 6.07) is 12.7. The number of nitrogens with one attached hydrogen (secondary N) is 2. The summed E-state index contributed by atoms with van der Waals surface area (Å²) in [5, 5.41) is 6.69. The minimum Gasteiger partial charge on any atom is -0.467 e. The Labute approximate surface area is 144 Å². The summed E-state index contributed by atoms with van der Waals surface area (Å²) in [4.78, 5) is 16.2. The van der Waals surface area contributed by atoms with Crippen LogP contribution >= 0.6 is 11.6 Å². The predicted molar refractivity (Wildman–Crippen MR) is 93.6 cm³/mol. The van der Waals surface area contributed by atoms with Gasteiger partial charge in [0.1, 0.15) is 11.5 Å². The van der Waals surface area contributed by atoms with E-state index in [1.807, 2.05) is 25.1 Å². The van der Waals surface area contributed by atoms with E-state index in [2.05, 4.69) is 15.6 Å². The van der Waals surface area contributed by atoms with Gasteiger partial charge in [-0.3, -0.25) is 4.79 Å². The van der Waals surface area contributed by atoms with Gasteiger partial charge in [-0.05, 0) is 48.9 Å². The molecule has 0 atom stereocenters. The standard InChI is InChI=1S/C18H16ClN3O2/c1-12-15(19)5-2-6-16(12)22-13-7-8-17(20-10-13)18(23)21-11-14-4-3-9-24-14/h2-10,22H,11H2,1H3,(H,21,23). The van der Waals surface area contributed by atoms with E-state index in [9.17, 15) is 4.79 Å². The Kier molecular flexibility index (Phi) is 4.82. The molecule has 0 aliphatic carbocycles. The summed E-state index contributed by atoms with van der Waals surface area (Å²) in [6.07, 6.45) is 3.18. The topological polar surface area (TPSA) is 67.2 Å². The van der Waals surface area contributed by atoms with E-state index in [0.29, 0.717) is 23.0 Å². The SMILES string of the molecule is Cc1c(Cl)cccc1Nc1ccc(C(=O)NCc2ccco2)nc1. The molecule has 0 fully saturated rings. The quantitative estimate of drug-likeness (QED) is 0.725. The molecule has 5 nitrogen and oxygen atoms in total. The van der Waals surface area contributed by atoms with Crippen LogP contribution in [-0.2, 0) is 6.54 Å². The van der Waals surface area contributed by atoms with Crippen molar-refractivity contribution in [3.8, 4) is 0 Å². The molecule has 24 heavy (non-hydrogen) atoms. The molecule has 0 aliphatic heterocycles. The van der Waals surface area contributed by atoms with E-state index in [1.165, 1.54) is 0 Å². The van der Waals surface area contributed by atoms with E-state index >= 15 is 0 Å².